The number of fused-ring (bicyclic) bond motifs is 2. The molecule has 0 aliphatic carbocycles. The third-order valence-electron chi connectivity index (χ3n) is 8.54. The van der Waals surface area contributed by atoms with Crippen molar-refractivity contribution in [3.8, 4) is 17.2 Å². The second-order valence-electron chi connectivity index (χ2n) is 12.9. The van der Waals surface area contributed by atoms with Crippen molar-refractivity contribution in [1.29, 1.82) is 0 Å². The van der Waals surface area contributed by atoms with E-state index in [1.54, 1.807) is 4.68 Å². The second-order valence-corrected chi connectivity index (χ2v) is 14.9. The van der Waals surface area contributed by atoms with Crippen molar-refractivity contribution in [2.24, 2.45) is 0 Å². The van der Waals surface area contributed by atoms with Gasteiger partial charge in [0.15, 0.2) is 11.5 Å². The minimum atomic E-state index is -1.54. The molecule has 6 rings (SSSR count). The van der Waals surface area contributed by atoms with Crippen molar-refractivity contribution >= 4 is 70.1 Å². The monoisotopic (exact) mass is 822 g/mol. The van der Waals surface area contributed by atoms with E-state index in [1.807, 2.05) is 19.0 Å². The number of benzene rings is 2. The summed E-state index contributed by atoms with van der Waals surface area (Å²) in [6.07, 6.45) is 0.834. The molecule has 3 amide bonds. The molecule has 1 fully saturated rings. The molecule has 4 heterocycles. The molecule has 298 valence electrons. The predicted octanol–water partition coefficient (Wildman–Crippen LogP) is 0.899. The van der Waals surface area contributed by atoms with Crippen LogP contribution in [0.15, 0.2) is 68.3 Å². The zero-order chi connectivity index (χ0) is 41.1. The fourth-order valence-electron chi connectivity index (χ4n) is 5.86. The number of carbonyl (C=O) groups excluding carboxylic acids is 5. The van der Waals surface area contributed by atoms with Gasteiger partial charge in [0, 0.05) is 38.0 Å². The Labute approximate surface area is 330 Å². The molecule has 0 spiro atoms. The molecular formula is C35H34N8O12S2. The summed E-state index contributed by atoms with van der Waals surface area (Å²) in [6.45, 7) is 3.38. The van der Waals surface area contributed by atoms with Crippen LogP contribution in [0.3, 0.4) is 0 Å². The van der Waals surface area contributed by atoms with Crippen molar-refractivity contribution in [1.82, 2.24) is 40.6 Å². The Kier molecular flexibility index (Phi) is 11.9. The van der Waals surface area contributed by atoms with Crippen LogP contribution in [0.5, 0.6) is 17.2 Å². The fourth-order valence-corrected chi connectivity index (χ4v) is 8.24. The van der Waals surface area contributed by atoms with Crippen LogP contribution in [0.1, 0.15) is 35.8 Å². The number of aromatic hydroxyl groups is 1. The summed E-state index contributed by atoms with van der Waals surface area (Å²) >= 11 is 2.47. The number of nitrogens with one attached hydrogen (secondary N) is 2. The summed E-state index contributed by atoms with van der Waals surface area (Å²) in [7, 11) is 3.81. The Morgan fingerprint density at radius 2 is 1.75 bits per heavy atom. The van der Waals surface area contributed by atoms with Gasteiger partial charge in [0.1, 0.15) is 46.3 Å². The van der Waals surface area contributed by atoms with Crippen molar-refractivity contribution in [3.05, 3.63) is 75.3 Å². The van der Waals surface area contributed by atoms with Crippen LogP contribution in [0.2, 0.25) is 0 Å². The first kappa shape index (κ1) is 40.4. The average Bonchev–Trinajstić information content (AvgIpc) is 3.61. The van der Waals surface area contributed by atoms with Gasteiger partial charge in [-0.1, -0.05) is 23.9 Å². The molecule has 0 saturated carbocycles. The van der Waals surface area contributed by atoms with Crippen LogP contribution in [-0.2, 0) is 30.5 Å². The van der Waals surface area contributed by atoms with E-state index in [-0.39, 0.29) is 51.0 Å². The summed E-state index contributed by atoms with van der Waals surface area (Å²) in [4.78, 5) is 93.6. The van der Waals surface area contributed by atoms with E-state index in [4.69, 9.17) is 13.9 Å². The van der Waals surface area contributed by atoms with Gasteiger partial charge in [-0.3, -0.25) is 33.7 Å². The van der Waals surface area contributed by atoms with Crippen LogP contribution in [0.4, 0.5) is 0 Å². The third-order valence-corrected chi connectivity index (χ3v) is 10.9. The summed E-state index contributed by atoms with van der Waals surface area (Å²) in [5.74, 6) is -5.77. The summed E-state index contributed by atoms with van der Waals surface area (Å²) in [6, 6.07) is 4.71. The summed E-state index contributed by atoms with van der Waals surface area (Å²) in [5, 5.41) is 36.4. The van der Waals surface area contributed by atoms with Gasteiger partial charge < -0.3 is 39.6 Å². The molecule has 22 heteroatoms. The largest absolute Gasteiger partial charge is 0.508 e. The number of likely N-dealkylation sites (N-methyl/N-ethyl adjacent to an activating group) is 1. The first-order chi connectivity index (χ1) is 27.1. The number of β-lactam (4-membered cyclic amide) rings is 1. The van der Waals surface area contributed by atoms with Crippen LogP contribution in [0, 0.1) is 0 Å². The maximum atomic E-state index is 13.9. The quantitative estimate of drug-likeness (QED) is 0.0596. The van der Waals surface area contributed by atoms with Crippen LogP contribution < -0.4 is 25.5 Å². The van der Waals surface area contributed by atoms with Crippen molar-refractivity contribution in [3.63, 3.8) is 0 Å². The molecule has 2 aromatic carbocycles. The number of hydrogen-bond acceptors (Lipinski definition) is 17. The minimum absolute atomic E-state index is 0.119. The first-order valence-corrected chi connectivity index (χ1v) is 19.0. The van der Waals surface area contributed by atoms with Crippen LogP contribution >= 0.6 is 23.5 Å². The summed E-state index contributed by atoms with van der Waals surface area (Å²) < 4.78 is 17.3. The number of phenols is 1. The average molecular weight is 823 g/mol. The van der Waals surface area contributed by atoms with Crippen molar-refractivity contribution in [2.75, 3.05) is 32.1 Å². The van der Waals surface area contributed by atoms with E-state index in [0.29, 0.717) is 23.8 Å². The Morgan fingerprint density at radius 3 is 2.40 bits per heavy atom. The topological polar surface area (TPSA) is 266 Å². The predicted molar refractivity (Wildman–Crippen MR) is 200 cm³/mol. The number of rotatable bonds is 14. The number of esters is 2. The highest BCUT2D eigenvalue weighted by molar-refractivity contribution is 8.01. The Balaban J connectivity index is 1.22. The molecule has 2 aromatic heterocycles. The number of tetrazole rings is 1. The summed E-state index contributed by atoms with van der Waals surface area (Å²) in [5.41, 5.74) is -1.17. The molecule has 1 saturated heterocycles. The molecule has 0 radical (unpaired) electrons. The molecule has 1 unspecified atom stereocenters. The molecule has 57 heavy (non-hydrogen) atoms. The third kappa shape index (κ3) is 8.76. The van der Waals surface area contributed by atoms with E-state index < -0.39 is 64.1 Å². The van der Waals surface area contributed by atoms with Gasteiger partial charge in [-0.15, -0.1) is 16.9 Å². The number of thioether (sulfide) groups is 2. The number of carbonyl (C=O) groups is 6. The van der Waals surface area contributed by atoms with Gasteiger partial charge in [0.2, 0.25) is 16.5 Å². The highest BCUT2D eigenvalue weighted by atomic mass is 32.2. The molecule has 2 aliphatic rings. The van der Waals surface area contributed by atoms with Gasteiger partial charge in [0.25, 0.3) is 11.8 Å². The molecule has 2 aliphatic heterocycles. The number of hydrogen-bond donors (Lipinski definition) is 4. The van der Waals surface area contributed by atoms with Crippen LogP contribution in [-0.4, -0.2) is 119 Å². The number of aliphatic carboxylic acids is 1. The lowest BCUT2D eigenvalue weighted by molar-refractivity contribution is -0.151. The zero-order valence-electron chi connectivity index (χ0n) is 30.6. The molecule has 3 atom stereocenters. The smallest absolute Gasteiger partial charge is 0.352 e. The Morgan fingerprint density at radius 1 is 1.07 bits per heavy atom. The lowest BCUT2D eigenvalue weighted by Gasteiger charge is -2.49. The molecule has 4 N–H and O–H groups in total. The van der Waals surface area contributed by atoms with E-state index in [9.17, 15) is 43.8 Å². The van der Waals surface area contributed by atoms with E-state index >= 15 is 0 Å². The molecule has 20 nitrogen and oxygen atoms in total. The van der Waals surface area contributed by atoms with Gasteiger partial charge in [-0.2, -0.15) is 0 Å². The van der Waals surface area contributed by atoms with E-state index in [0.717, 1.165) is 37.1 Å². The molecular weight excluding hydrogens is 789 g/mol. The van der Waals surface area contributed by atoms with E-state index in [2.05, 4.69) is 26.2 Å². The number of amides is 3. The normalized spacial score (nSPS) is 16.8. The SMILES string of the molecule is CC(=O)Oc1cc2occ(C(=O)NC(C(=O)N[C@@H]3C(=O)N4C(C(=O)O)=C(CSc5nnnn5CCN(C)C)CS[C@@H]34)c3ccc(O)cc3)c(=O)c2cc1OC(C)=O. The lowest BCUT2D eigenvalue weighted by atomic mass is 10.0. The highest BCUT2D eigenvalue weighted by Crippen LogP contribution is 2.42. The first-order valence-electron chi connectivity index (χ1n) is 16.9. The molecule has 4 aromatic rings. The Bertz CT molecular complexity index is 2380. The number of carboxylic acids is 1. The highest BCUT2D eigenvalue weighted by Gasteiger charge is 2.54. The van der Waals surface area contributed by atoms with Crippen molar-refractivity contribution in [2.45, 2.75) is 43.0 Å². The maximum absolute atomic E-state index is 13.9. The fraction of sp³-hybridized carbons (Fsp3) is 0.314. The van der Waals surface area contributed by atoms with Crippen molar-refractivity contribution < 1.29 is 52.9 Å². The van der Waals surface area contributed by atoms with Gasteiger partial charge in [-0.25, -0.2) is 9.48 Å². The number of nitrogens with zero attached hydrogens (tertiary/aromatic N) is 6. The van der Waals surface area contributed by atoms with Gasteiger partial charge >= 0.3 is 17.9 Å². The van der Waals surface area contributed by atoms with E-state index in [1.165, 1.54) is 47.8 Å². The molecule has 0 bridgehead atoms. The lowest BCUT2D eigenvalue weighted by Crippen LogP contribution is -2.71. The number of aromatic nitrogens is 4. The number of ether oxygens (including phenoxy) is 2. The second kappa shape index (κ2) is 16.9. The van der Waals surface area contributed by atoms with Gasteiger partial charge in [0.05, 0.1) is 11.9 Å². The maximum Gasteiger partial charge on any atom is 0.352 e. The Hall–Kier alpha value is -6.26. The number of phenolic OH excluding ortho intramolecular Hbond substituents is 1. The standard InChI is InChI=1S/C35H34N8O12S2/c1-16(44)54-24-11-21-23(12-25(24)55-17(2)45)53-13-22(29(21)47)30(48)36-26(18-5-7-20(46)8-6-18)31(49)37-27-32(50)43-28(34(51)52)19(14-56-33(27)43)15-57-35-38-39-40-42(35)10-9-41(3)4/h5-8,11-13,26-27,33,46H,9-10,14-15H2,1-4H3,(H,36,48)(H,37,49)(H,51,52)/t26?,27-,33+/m1/s1. The van der Waals surface area contributed by atoms with Crippen LogP contribution in [0.25, 0.3) is 11.0 Å². The zero-order valence-corrected chi connectivity index (χ0v) is 32.2. The van der Waals surface area contributed by atoms with Gasteiger partial charge in [-0.05, 0) is 53.9 Å². The minimum Gasteiger partial charge on any atom is -0.508 e. The number of carboxylic acid groups (broad SMARTS) is 1.